The van der Waals surface area contributed by atoms with Crippen LogP contribution in [0.3, 0.4) is 0 Å². The van der Waals surface area contributed by atoms with Gasteiger partial charge in [-0.05, 0) is 36.6 Å². The summed E-state index contributed by atoms with van der Waals surface area (Å²) in [6.45, 7) is 4.12. The van der Waals surface area contributed by atoms with Crippen LogP contribution < -0.4 is 16.0 Å². The Hall–Kier alpha value is -2.93. The SMILES string of the molecule is CCNC(=NCCC(O)c1ccccc1)NCCNC(=O)Cc1ccc(F)cc1. The zero-order chi connectivity index (χ0) is 20.9. The molecule has 0 aliphatic rings. The predicted molar refractivity (Wildman–Crippen MR) is 113 cm³/mol. The largest absolute Gasteiger partial charge is 0.388 e. The lowest BCUT2D eigenvalue weighted by Gasteiger charge is -2.13. The molecule has 0 bridgehead atoms. The third-order valence-electron chi connectivity index (χ3n) is 4.22. The summed E-state index contributed by atoms with van der Waals surface area (Å²) < 4.78 is 12.9. The van der Waals surface area contributed by atoms with E-state index in [1.165, 1.54) is 12.1 Å². The van der Waals surface area contributed by atoms with Gasteiger partial charge in [0.15, 0.2) is 5.96 Å². The molecule has 7 heteroatoms. The summed E-state index contributed by atoms with van der Waals surface area (Å²) in [5.41, 5.74) is 1.65. The number of guanidine groups is 1. The lowest BCUT2D eigenvalue weighted by molar-refractivity contribution is -0.120. The van der Waals surface area contributed by atoms with Crippen molar-refractivity contribution in [3.63, 3.8) is 0 Å². The number of hydrogen-bond donors (Lipinski definition) is 4. The Morgan fingerprint density at radius 3 is 2.41 bits per heavy atom. The molecule has 4 N–H and O–H groups in total. The lowest BCUT2D eigenvalue weighted by Crippen LogP contribution is -2.41. The highest BCUT2D eigenvalue weighted by atomic mass is 19.1. The first kappa shape index (κ1) is 22.4. The summed E-state index contributed by atoms with van der Waals surface area (Å²) in [4.78, 5) is 16.4. The van der Waals surface area contributed by atoms with Gasteiger partial charge in [-0.2, -0.15) is 0 Å². The maximum Gasteiger partial charge on any atom is 0.224 e. The molecule has 29 heavy (non-hydrogen) atoms. The number of carbonyl (C=O) groups is 1. The first-order valence-corrected chi connectivity index (χ1v) is 9.84. The second kappa shape index (κ2) is 12.5. The Kier molecular flexibility index (Phi) is 9.65. The number of nitrogens with zero attached hydrogens (tertiary/aromatic N) is 1. The molecule has 2 aromatic carbocycles. The number of aliphatic hydroxyl groups is 1. The maximum absolute atomic E-state index is 12.9. The van der Waals surface area contributed by atoms with Crippen molar-refractivity contribution >= 4 is 11.9 Å². The number of benzene rings is 2. The Balaban J connectivity index is 1.69. The monoisotopic (exact) mass is 400 g/mol. The van der Waals surface area contributed by atoms with Gasteiger partial charge in [0, 0.05) is 26.2 Å². The van der Waals surface area contributed by atoms with Crippen LogP contribution >= 0.6 is 0 Å². The van der Waals surface area contributed by atoms with Crippen molar-refractivity contribution in [1.29, 1.82) is 0 Å². The highest BCUT2D eigenvalue weighted by Gasteiger charge is 2.07. The average molecular weight is 400 g/mol. The standard InChI is InChI=1S/C22H29FN4O2/c1-2-24-22(26-13-12-20(28)18-6-4-3-5-7-18)27-15-14-25-21(29)16-17-8-10-19(23)11-9-17/h3-11,20,28H,2,12-16H2,1H3,(H,25,29)(H2,24,26,27). The Labute approximate surface area is 171 Å². The fourth-order valence-corrected chi connectivity index (χ4v) is 2.72. The summed E-state index contributed by atoms with van der Waals surface area (Å²) in [7, 11) is 0. The Morgan fingerprint density at radius 1 is 1.03 bits per heavy atom. The van der Waals surface area contributed by atoms with Gasteiger partial charge in [0.2, 0.25) is 5.91 Å². The van der Waals surface area contributed by atoms with Gasteiger partial charge in [0.05, 0.1) is 12.5 Å². The number of aliphatic imine (C=N–C) groups is 1. The summed E-state index contributed by atoms with van der Waals surface area (Å²) >= 11 is 0. The molecule has 0 radical (unpaired) electrons. The van der Waals surface area contributed by atoms with E-state index in [-0.39, 0.29) is 18.1 Å². The molecule has 1 amide bonds. The zero-order valence-corrected chi connectivity index (χ0v) is 16.7. The predicted octanol–water partition coefficient (Wildman–Crippen LogP) is 2.16. The molecular formula is C22H29FN4O2. The summed E-state index contributed by atoms with van der Waals surface area (Å²) in [5.74, 6) is 0.205. The van der Waals surface area contributed by atoms with Gasteiger partial charge in [0.1, 0.15) is 5.82 Å². The van der Waals surface area contributed by atoms with Crippen LogP contribution in [0.15, 0.2) is 59.6 Å². The minimum atomic E-state index is -0.548. The molecule has 0 aromatic heterocycles. The zero-order valence-electron chi connectivity index (χ0n) is 16.7. The molecule has 156 valence electrons. The van der Waals surface area contributed by atoms with Crippen molar-refractivity contribution in [2.75, 3.05) is 26.2 Å². The van der Waals surface area contributed by atoms with Gasteiger partial charge in [-0.25, -0.2) is 4.39 Å². The van der Waals surface area contributed by atoms with E-state index in [4.69, 9.17) is 0 Å². The Morgan fingerprint density at radius 2 is 1.72 bits per heavy atom. The number of hydrogen-bond acceptors (Lipinski definition) is 3. The molecule has 0 aliphatic carbocycles. The fraction of sp³-hybridized carbons (Fsp3) is 0.364. The topological polar surface area (TPSA) is 85.8 Å². The highest BCUT2D eigenvalue weighted by Crippen LogP contribution is 2.15. The molecule has 2 rings (SSSR count). The molecule has 2 aromatic rings. The quantitative estimate of drug-likeness (QED) is 0.280. The van der Waals surface area contributed by atoms with Crippen LogP contribution in [-0.4, -0.2) is 43.2 Å². The minimum Gasteiger partial charge on any atom is -0.388 e. The molecular weight excluding hydrogens is 371 g/mol. The van der Waals surface area contributed by atoms with E-state index >= 15 is 0 Å². The molecule has 0 fully saturated rings. The van der Waals surface area contributed by atoms with Crippen LogP contribution in [0.25, 0.3) is 0 Å². The van der Waals surface area contributed by atoms with E-state index in [1.807, 2.05) is 37.3 Å². The summed E-state index contributed by atoms with van der Waals surface area (Å²) in [6.07, 6.45) is 0.189. The van der Waals surface area contributed by atoms with Crippen molar-refractivity contribution in [2.24, 2.45) is 4.99 Å². The van der Waals surface area contributed by atoms with Crippen molar-refractivity contribution in [3.8, 4) is 0 Å². The van der Waals surface area contributed by atoms with E-state index in [2.05, 4.69) is 20.9 Å². The average Bonchev–Trinajstić information content (AvgIpc) is 2.73. The molecule has 0 saturated heterocycles. The molecule has 0 heterocycles. The van der Waals surface area contributed by atoms with E-state index < -0.39 is 6.10 Å². The third kappa shape index (κ3) is 8.74. The number of halogens is 1. The molecule has 0 spiro atoms. The first-order chi connectivity index (χ1) is 14.1. The van der Waals surface area contributed by atoms with Gasteiger partial charge >= 0.3 is 0 Å². The molecule has 0 aliphatic heterocycles. The molecule has 6 nitrogen and oxygen atoms in total. The maximum atomic E-state index is 12.9. The fourth-order valence-electron chi connectivity index (χ4n) is 2.72. The number of aliphatic hydroxyl groups excluding tert-OH is 1. The lowest BCUT2D eigenvalue weighted by atomic mass is 10.1. The van der Waals surface area contributed by atoms with Gasteiger partial charge in [-0.1, -0.05) is 42.5 Å². The molecule has 0 saturated carbocycles. The number of nitrogens with one attached hydrogen (secondary N) is 3. The minimum absolute atomic E-state index is 0.119. The van der Waals surface area contributed by atoms with E-state index in [0.29, 0.717) is 38.6 Å². The summed E-state index contributed by atoms with van der Waals surface area (Å²) in [6, 6.07) is 15.4. The van der Waals surface area contributed by atoms with E-state index in [0.717, 1.165) is 11.1 Å². The smallest absolute Gasteiger partial charge is 0.224 e. The molecule has 1 atom stereocenters. The van der Waals surface area contributed by atoms with Crippen LogP contribution in [0, 0.1) is 5.82 Å². The van der Waals surface area contributed by atoms with Crippen LogP contribution in [0.1, 0.15) is 30.6 Å². The van der Waals surface area contributed by atoms with E-state index in [9.17, 15) is 14.3 Å². The summed E-state index contributed by atoms with van der Waals surface area (Å²) in [5, 5.41) is 19.3. The van der Waals surface area contributed by atoms with E-state index in [1.54, 1.807) is 12.1 Å². The van der Waals surface area contributed by atoms with Crippen LogP contribution in [0.5, 0.6) is 0 Å². The van der Waals surface area contributed by atoms with Crippen molar-refractivity contribution in [2.45, 2.75) is 25.9 Å². The number of carbonyl (C=O) groups excluding carboxylic acids is 1. The normalized spacial score (nSPS) is 12.3. The Bertz CT molecular complexity index is 766. The van der Waals surface area contributed by atoms with Gasteiger partial charge in [-0.15, -0.1) is 0 Å². The van der Waals surface area contributed by atoms with Crippen LogP contribution in [0.2, 0.25) is 0 Å². The van der Waals surface area contributed by atoms with Gasteiger partial charge in [0.25, 0.3) is 0 Å². The first-order valence-electron chi connectivity index (χ1n) is 9.84. The second-order valence-electron chi connectivity index (χ2n) is 6.56. The van der Waals surface area contributed by atoms with Crippen LogP contribution in [-0.2, 0) is 11.2 Å². The van der Waals surface area contributed by atoms with Crippen molar-refractivity contribution < 1.29 is 14.3 Å². The number of rotatable bonds is 10. The van der Waals surface area contributed by atoms with Crippen molar-refractivity contribution in [1.82, 2.24) is 16.0 Å². The van der Waals surface area contributed by atoms with Gasteiger partial charge < -0.3 is 21.1 Å². The molecule has 1 unspecified atom stereocenters. The van der Waals surface area contributed by atoms with Gasteiger partial charge in [-0.3, -0.25) is 9.79 Å². The number of amides is 1. The van der Waals surface area contributed by atoms with Crippen LogP contribution in [0.4, 0.5) is 4.39 Å². The highest BCUT2D eigenvalue weighted by molar-refractivity contribution is 5.80. The third-order valence-corrected chi connectivity index (χ3v) is 4.22. The second-order valence-corrected chi connectivity index (χ2v) is 6.56. The van der Waals surface area contributed by atoms with Crippen molar-refractivity contribution in [3.05, 3.63) is 71.5 Å².